The van der Waals surface area contributed by atoms with Crippen LogP contribution in [0.3, 0.4) is 0 Å². The summed E-state index contributed by atoms with van der Waals surface area (Å²) in [5.41, 5.74) is -0.394. The lowest BCUT2D eigenvalue weighted by Gasteiger charge is -2.33. The number of ether oxygens (including phenoxy) is 4. The summed E-state index contributed by atoms with van der Waals surface area (Å²) in [5, 5.41) is 0. The van der Waals surface area contributed by atoms with Crippen LogP contribution < -0.4 is 18.3 Å². The first-order valence-corrected chi connectivity index (χ1v) is 18.5. The molecule has 0 bridgehead atoms. The SMILES string of the molecule is CCn1cc[n+](CCCOCC(COCCC[n+]2ccn(CC)c2)(COCCC[n+]2ccn(CC)c2)COCCC[n+]2ccn(CC)c2)c1. The van der Waals surface area contributed by atoms with Crippen molar-refractivity contribution >= 4 is 0 Å². The van der Waals surface area contributed by atoms with Crippen molar-refractivity contribution in [3.63, 3.8) is 0 Å². The maximum atomic E-state index is 6.40. The number of aromatic nitrogens is 8. The molecular formula is C37H64N8O4+4. The normalized spacial score (nSPS) is 12.0. The van der Waals surface area contributed by atoms with E-state index in [1.165, 1.54) is 0 Å². The molecule has 0 spiro atoms. The van der Waals surface area contributed by atoms with Crippen LogP contribution in [-0.4, -0.2) is 71.1 Å². The fraction of sp³-hybridized carbons (Fsp3) is 0.676. The van der Waals surface area contributed by atoms with Crippen LogP contribution in [0.4, 0.5) is 0 Å². The predicted molar refractivity (Wildman–Crippen MR) is 185 cm³/mol. The fourth-order valence-electron chi connectivity index (χ4n) is 5.83. The van der Waals surface area contributed by atoms with Crippen LogP contribution in [0.25, 0.3) is 0 Å². The first kappa shape index (κ1) is 38.5. The topological polar surface area (TPSA) is 72.2 Å². The number of nitrogens with zero attached hydrogens (tertiary/aromatic N) is 8. The van der Waals surface area contributed by atoms with Gasteiger partial charge in [0.25, 0.3) is 0 Å². The molecule has 0 saturated carbocycles. The van der Waals surface area contributed by atoms with Crippen LogP contribution in [0, 0.1) is 5.41 Å². The average molecular weight is 685 g/mol. The van der Waals surface area contributed by atoms with Crippen LogP contribution in [0.1, 0.15) is 53.4 Å². The van der Waals surface area contributed by atoms with E-state index in [4.69, 9.17) is 18.9 Å². The molecule has 12 heteroatoms. The third-order valence-corrected chi connectivity index (χ3v) is 8.90. The molecule has 0 radical (unpaired) electrons. The summed E-state index contributed by atoms with van der Waals surface area (Å²) in [4.78, 5) is 0. The molecule has 0 aliphatic carbocycles. The van der Waals surface area contributed by atoms with Gasteiger partial charge in [-0.3, -0.25) is 0 Å². The van der Waals surface area contributed by atoms with Crippen molar-refractivity contribution in [3.8, 4) is 0 Å². The number of aryl methyl sites for hydroxylation is 8. The minimum Gasteiger partial charge on any atom is -0.380 e. The number of rotatable bonds is 28. The third-order valence-electron chi connectivity index (χ3n) is 8.90. The summed E-state index contributed by atoms with van der Waals surface area (Å²) in [6.07, 6.45) is 29.4. The summed E-state index contributed by atoms with van der Waals surface area (Å²) < 4.78 is 43.2. The van der Waals surface area contributed by atoms with Crippen LogP contribution in [0.2, 0.25) is 0 Å². The van der Waals surface area contributed by atoms with E-state index in [9.17, 15) is 0 Å². The molecule has 4 aromatic heterocycles. The zero-order valence-electron chi connectivity index (χ0n) is 30.8. The van der Waals surface area contributed by atoms with Gasteiger partial charge < -0.3 is 18.9 Å². The van der Waals surface area contributed by atoms with Gasteiger partial charge in [-0.25, -0.2) is 36.5 Å². The molecule has 0 aliphatic heterocycles. The van der Waals surface area contributed by atoms with Gasteiger partial charge in [-0.1, -0.05) is 0 Å². The average Bonchev–Trinajstić information content (AvgIpc) is 3.95. The Morgan fingerprint density at radius 2 is 0.653 bits per heavy atom. The molecule has 49 heavy (non-hydrogen) atoms. The monoisotopic (exact) mass is 685 g/mol. The van der Waals surface area contributed by atoms with E-state index in [1.807, 2.05) is 0 Å². The Labute approximate surface area is 294 Å². The molecule has 0 atom stereocenters. The Morgan fingerprint density at radius 3 is 0.857 bits per heavy atom. The zero-order valence-corrected chi connectivity index (χ0v) is 30.8. The predicted octanol–water partition coefficient (Wildman–Crippen LogP) is 2.84. The van der Waals surface area contributed by atoms with E-state index in [0.717, 1.165) is 78.0 Å². The van der Waals surface area contributed by atoms with Crippen LogP contribution in [0.15, 0.2) is 74.9 Å². The Hall–Kier alpha value is -3.32. The largest absolute Gasteiger partial charge is 0.380 e. The highest BCUT2D eigenvalue weighted by atomic mass is 16.5. The van der Waals surface area contributed by atoms with Gasteiger partial charge in [-0.2, -0.15) is 0 Å². The molecule has 0 fully saturated rings. The van der Waals surface area contributed by atoms with Crippen molar-refractivity contribution in [2.45, 2.75) is 106 Å². The Kier molecular flexibility index (Phi) is 17.0. The summed E-state index contributed by atoms with van der Waals surface area (Å²) in [7, 11) is 0. The van der Waals surface area contributed by atoms with Crippen molar-refractivity contribution < 1.29 is 37.2 Å². The summed E-state index contributed by atoms with van der Waals surface area (Å²) in [5.74, 6) is 0. The van der Waals surface area contributed by atoms with Gasteiger partial charge in [-0.05, 0) is 27.7 Å². The molecule has 0 aromatic carbocycles. The first-order valence-electron chi connectivity index (χ1n) is 18.5. The minimum atomic E-state index is -0.394. The molecular weight excluding hydrogens is 620 g/mol. The van der Waals surface area contributed by atoms with Crippen molar-refractivity contribution in [1.82, 2.24) is 18.3 Å². The van der Waals surface area contributed by atoms with E-state index in [-0.39, 0.29) is 0 Å². The van der Waals surface area contributed by atoms with Gasteiger partial charge in [0.2, 0.25) is 25.3 Å². The number of imidazole rings is 4. The Morgan fingerprint density at radius 1 is 0.408 bits per heavy atom. The lowest BCUT2D eigenvalue weighted by molar-refractivity contribution is -0.697. The van der Waals surface area contributed by atoms with Gasteiger partial charge in [-0.15, -0.1) is 0 Å². The highest BCUT2D eigenvalue weighted by Gasteiger charge is 2.32. The number of hydrogen-bond donors (Lipinski definition) is 0. The maximum Gasteiger partial charge on any atom is 0.243 e. The molecule has 4 heterocycles. The van der Waals surface area contributed by atoms with Gasteiger partial charge in [0.1, 0.15) is 49.6 Å². The second-order valence-corrected chi connectivity index (χ2v) is 13.1. The maximum absolute atomic E-state index is 6.40. The van der Waals surface area contributed by atoms with Gasteiger partial charge in [0.15, 0.2) is 0 Å². The van der Waals surface area contributed by atoms with E-state index >= 15 is 0 Å². The quantitative estimate of drug-likeness (QED) is 0.0682. The molecule has 0 saturated heterocycles. The second-order valence-electron chi connectivity index (χ2n) is 13.1. The first-order chi connectivity index (χ1) is 24.0. The van der Waals surface area contributed by atoms with E-state index in [2.05, 4.69) is 139 Å². The lowest BCUT2D eigenvalue weighted by Crippen LogP contribution is -2.43. The van der Waals surface area contributed by atoms with Crippen molar-refractivity contribution in [2.24, 2.45) is 5.41 Å². The highest BCUT2D eigenvalue weighted by Crippen LogP contribution is 2.21. The molecule has 4 rings (SSSR count). The van der Waals surface area contributed by atoms with E-state index in [0.29, 0.717) is 52.9 Å². The standard InChI is InChI=1S/C37H64N8O4/c1-5-38-17-21-42(33-38)13-9-25-46-29-37(30-47-26-10-14-43-22-18-39(6-2)34-43,31-48-27-11-15-44-23-19-40(7-3)35-44)32-49-28-12-16-45-24-20-41(8-4)36-45/h17-24,33-36H,5-16,25-32H2,1-4H3/q+4. The van der Waals surface area contributed by atoms with Gasteiger partial charge >= 0.3 is 0 Å². The van der Waals surface area contributed by atoms with Crippen LogP contribution in [-0.2, 0) is 71.3 Å². The fourth-order valence-corrected chi connectivity index (χ4v) is 5.83. The summed E-state index contributed by atoms with van der Waals surface area (Å²) in [6, 6.07) is 0. The van der Waals surface area contributed by atoms with Crippen molar-refractivity contribution in [2.75, 3.05) is 52.9 Å². The van der Waals surface area contributed by atoms with E-state index < -0.39 is 5.41 Å². The highest BCUT2D eigenvalue weighted by molar-refractivity contribution is 4.80. The molecule has 12 nitrogen and oxygen atoms in total. The van der Waals surface area contributed by atoms with Crippen molar-refractivity contribution in [1.29, 1.82) is 0 Å². The Balaban J connectivity index is 1.32. The summed E-state index contributed by atoms with van der Waals surface area (Å²) >= 11 is 0. The molecule has 0 N–H and O–H groups in total. The lowest BCUT2D eigenvalue weighted by atomic mass is 9.92. The zero-order chi connectivity index (χ0) is 34.6. The molecule has 4 aromatic rings. The molecule has 0 amide bonds. The second kappa shape index (κ2) is 21.7. The molecule has 272 valence electrons. The third kappa shape index (κ3) is 13.8. The van der Waals surface area contributed by atoms with Gasteiger partial charge in [0.05, 0.1) is 111 Å². The van der Waals surface area contributed by atoms with E-state index in [1.54, 1.807) is 0 Å². The summed E-state index contributed by atoms with van der Waals surface area (Å²) in [6.45, 7) is 21.1. The minimum absolute atomic E-state index is 0.394. The van der Waals surface area contributed by atoms with Crippen LogP contribution >= 0.6 is 0 Å². The molecule has 0 aliphatic rings. The van der Waals surface area contributed by atoms with Crippen LogP contribution in [0.5, 0.6) is 0 Å². The Bertz CT molecular complexity index is 1210. The molecule has 0 unspecified atom stereocenters. The van der Waals surface area contributed by atoms with Crippen molar-refractivity contribution in [3.05, 3.63) is 74.9 Å². The number of hydrogen-bond acceptors (Lipinski definition) is 4. The van der Waals surface area contributed by atoms with Gasteiger partial charge in [0, 0.05) is 25.7 Å². The smallest absolute Gasteiger partial charge is 0.243 e.